The molecule has 0 bridgehead atoms. The van der Waals surface area contributed by atoms with E-state index in [1.165, 1.54) is 12.1 Å². The van der Waals surface area contributed by atoms with Crippen molar-refractivity contribution in [3.63, 3.8) is 0 Å². The molecule has 2 aliphatic rings. The molecule has 30 heavy (non-hydrogen) atoms. The Kier molecular flexibility index (Phi) is 6.79. The minimum atomic E-state index is -3.92. The molecule has 1 saturated heterocycles. The van der Waals surface area contributed by atoms with E-state index in [9.17, 15) is 13.2 Å². The van der Waals surface area contributed by atoms with E-state index < -0.39 is 27.9 Å². The standard InChI is InChI=1S/C22H33NO6S/c1-16-5-7-19(8-6-16)30(25,26)28-15-18(23-20(24)29-21(2,3)4)13-17-9-10-22(11-12-22)27-14-17/h5-8,17-18H,9-15H2,1-4H3,(H,23,24)/t17-,18-/m1/s1. The number of hydrogen-bond acceptors (Lipinski definition) is 6. The number of benzene rings is 1. The maximum absolute atomic E-state index is 12.6. The van der Waals surface area contributed by atoms with Gasteiger partial charge in [-0.3, -0.25) is 4.18 Å². The lowest BCUT2D eigenvalue weighted by Gasteiger charge is -2.32. The van der Waals surface area contributed by atoms with Crippen LogP contribution in [0.1, 0.15) is 58.4 Å². The molecule has 1 aliphatic carbocycles. The maximum Gasteiger partial charge on any atom is 0.407 e. The normalized spacial score (nSPS) is 21.8. The second-order valence-electron chi connectivity index (χ2n) is 9.53. The molecule has 1 N–H and O–H groups in total. The van der Waals surface area contributed by atoms with Crippen molar-refractivity contribution in [2.24, 2.45) is 5.92 Å². The molecule has 1 heterocycles. The number of nitrogens with one attached hydrogen (secondary N) is 1. The summed E-state index contributed by atoms with van der Waals surface area (Å²) in [5.74, 6) is 0.238. The van der Waals surface area contributed by atoms with Crippen molar-refractivity contribution < 1.29 is 26.9 Å². The molecular weight excluding hydrogens is 406 g/mol. The van der Waals surface area contributed by atoms with Gasteiger partial charge in [-0.05, 0) is 77.8 Å². The Morgan fingerprint density at radius 1 is 1.23 bits per heavy atom. The molecular formula is C22H33NO6S. The molecule has 1 aromatic rings. The highest BCUT2D eigenvalue weighted by Gasteiger charge is 2.46. The highest BCUT2D eigenvalue weighted by Crippen LogP contribution is 2.47. The van der Waals surface area contributed by atoms with Crippen LogP contribution in [0.15, 0.2) is 29.2 Å². The van der Waals surface area contributed by atoms with Crippen LogP contribution in [-0.2, 0) is 23.8 Å². The van der Waals surface area contributed by atoms with E-state index in [0.717, 1.165) is 31.2 Å². The minimum Gasteiger partial charge on any atom is -0.444 e. The highest BCUT2D eigenvalue weighted by molar-refractivity contribution is 7.86. The first kappa shape index (κ1) is 23.0. The van der Waals surface area contributed by atoms with E-state index in [0.29, 0.717) is 13.0 Å². The van der Waals surface area contributed by atoms with Crippen LogP contribution in [0.4, 0.5) is 4.79 Å². The summed E-state index contributed by atoms with van der Waals surface area (Å²) in [7, 11) is -3.92. The molecule has 0 radical (unpaired) electrons. The largest absolute Gasteiger partial charge is 0.444 e. The molecule has 1 aromatic carbocycles. The lowest BCUT2D eigenvalue weighted by atomic mass is 9.91. The van der Waals surface area contributed by atoms with Crippen LogP contribution < -0.4 is 5.32 Å². The van der Waals surface area contributed by atoms with Crippen LogP contribution in [0.25, 0.3) is 0 Å². The molecule has 7 nitrogen and oxygen atoms in total. The monoisotopic (exact) mass is 439 g/mol. The topological polar surface area (TPSA) is 90.9 Å². The van der Waals surface area contributed by atoms with Crippen LogP contribution in [0.3, 0.4) is 0 Å². The van der Waals surface area contributed by atoms with Crippen molar-refractivity contribution in [3.8, 4) is 0 Å². The van der Waals surface area contributed by atoms with Crippen molar-refractivity contribution in [1.29, 1.82) is 0 Å². The molecule has 8 heteroatoms. The van der Waals surface area contributed by atoms with Gasteiger partial charge in [-0.15, -0.1) is 0 Å². The lowest BCUT2D eigenvalue weighted by molar-refractivity contribution is -0.0393. The zero-order valence-electron chi connectivity index (χ0n) is 18.3. The van der Waals surface area contributed by atoms with Gasteiger partial charge in [0.25, 0.3) is 10.1 Å². The third-order valence-corrected chi connectivity index (χ3v) is 6.81. The molecule has 168 valence electrons. The molecule has 2 atom stereocenters. The predicted molar refractivity (Wildman–Crippen MR) is 113 cm³/mol. The van der Waals surface area contributed by atoms with Crippen LogP contribution in [0.2, 0.25) is 0 Å². The fourth-order valence-corrected chi connectivity index (χ4v) is 4.58. The molecule has 0 aromatic heterocycles. The van der Waals surface area contributed by atoms with Crippen molar-refractivity contribution in [1.82, 2.24) is 5.32 Å². The zero-order chi connectivity index (χ0) is 22.0. The summed E-state index contributed by atoms with van der Waals surface area (Å²) in [5, 5.41) is 2.78. The lowest BCUT2D eigenvalue weighted by Crippen LogP contribution is -2.44. The Bertz CT molecular complexity index is 829. The fraction of sp³-hybridized carbons (Fsp3) is 0.682. The van der Waals surface area contributed by atoms with Crippen molar-refractivity contribution in [2.75, 3.05) is 13.2 Å². The van der Waals surface area contributed by atoms with Gasteiger partial charge in [0.1, 0.15) is 5.60 Å². The van der Waals surface area contributed by atoms with Crippen molar-refractivity contribution in [3.05, 3.63) is 29.8 Å². The van der Waals surface area contributed by atoms with E-state index in [1.807, 2.05) is 6.92 Å². The van der Waals surface area contributed by atoms with Crippen molar-refractivity contribution in [2.45, 2.75) is 81.9 Å². The van der Waals surface area contributed by atoms with E-state index in [1.54, 1.807) is 32.9 Å². The molecule has 0 unspecified atom stereocenters. The van der Waals surface area contributed by atoms with E-state index >= 15 is 0 Å². The second-order valence-corrected chi connectivity index (χ2v) is 11.1. The second kappa shape index (κ2) is 8.85. The van der Waals surface area contributed by atoms with Gasteiger partial charge in [-0.1, -0.05) is 17.7 Å². The van der Waals surface area contributed by atoms with Crippen LogP contribution in [-0.4, -0.2) is 45.0 Å². The van der Waals surface area contributed by atoms with Crippen LogP contribution >= 0.6 is 0 Å². The summed E-state index contributed by atoms with van der Waals surface area (Å²) in [6.07, 6.45) is 4.24. The van der Waals surface area contributed by atoms with Gasteiger partial charge >= 0.3 is 6.09 Å². The Morgan fingerprint density at radius 3 is 2.43 bits per heavy atom. The molecule has 1 saturated carbocycles. The number of hydrogen-bond donors (Lipinski definition) is 1. The van der Waals surface area contributed by atoms with Crippen LogP contribution in [0, 0.1) is 12.8 Å². The van der Waals surface area contributed by atoms with Gasteiger partial charge < -0.3 is 14.8 Å². The van der Waals surface area contributed by atoms with Gasteiger partial charge in [-0.2, -0.15) is 8.42 Å². The Balaban J connectivity index is 1.62. The number of amides is 1. The van der Waals surface area contributed by atoms with Gasteiger partial charge in [0.2, 0.25) is 0 Å². The molecule has 3 rings (SSSR count). The SMILES string of the molecule is Cc1ccc(S(=O)(=O)OC[C@@H](C[C@H]2CCC3(CC3)OC2)NC(=O)OC(C)(C)C)cc1. The Hall–Kier alpha value is -1.64. The quantitative estimate of drug-likeness (QED) is 0.647. The van der Waals surface area contributed by atoms with Gasteiger partial charge in [0.05, 0.1) is 29.8 Å². The summed E-state index contributed by atoms with van der Waals surface area (Å²) in [4.78, 5) is 12.4. The summed E-state index contributed by atoms with van der Waals surface area (Å²) in [5.41, 5.74) is 0.412. The molecule has 1 aliphatic heterocycles. The highest BCUT2D eigenvalue weighted by atomic mass is 32.2. The summed E-state index contributed by atoms with van der Waals surface area (Å²) in [6.45, 7) is 7.70. The number of alkyl carbamates (subject to hydrolysis) is 1. The zero-order valence-corrected chi connectivity index (χ0v) is 19.1. The predicted octanol–water partition coefficient (Wildman–Crippen LogP) is 3.94. The summed E-state index contributed by atoms with van der Waals surface area (Å²) >= 11 is 0. The third-order valence-electron chi connectivity index (χ3n) is 5.51. The summed E-state index contributed by atoms with van der Waals surface area (Å²) in [6, 6.07) is 5.98. The Labute approximate surface area is 179 Å². The van der Waals surface area contributed by atoms with Crippen molar-refractivity contribution >= 4 is 16.2 Å². The van der Waals surface area contributed by atoms with E-state index in [2.05, 4.69) is 5.32 Å². The number of carbonyl (C=O) groups excluding carboxylic acids is 1. The third kappa shape index (κ3) is 6.68. The minimum absolute atomic E-state index is 0.0931. The molecule has 2 fully saturated rings. The molecule has 1 spiro atoms. The first-order valence-electron chi connectivity index (χ1n) is 10.6. The maximum atomic E-state index is 12.6. The first-order valence-corrected chi connectivity index (χ1v) is 12.0. The summed E-state index contributed by atoms with van der Waals surface area (Å²) < 4.78 is 41.8. The fourth-order valence-electron chi connectivity index (χ4n) is 3.63. The smallest absolute Gasteiger partial charge is 0.407 e. The van der Waals surface area contributed by atoms with E-state index in [4.69, 9.17) is 13.7 Å². The molecule has 1 amide bonds. The van der Waals surface area contributed by atoms with Gasteiger partial charge in [0.15, 0.2) is 0 Å². The van der Waals surface area contributed by atoms with Gasteiger partial charge in [0, 0.05) is 0 Å². The number of carbonyl (C=O) groups is 1. The first-order chi connectivity index (χ1) is 14.0. The van der Waals surface area contributed by atoms with E-state index in [-0.39, 0.29) is 23.0 Å². The number of ether oxygens (including phenoxy) is 2. The van der Waals surface area contributed by atoms with Gasteiger partial charge in [-0.25, -0.2) is 4.79 Å². The average Bonchev–Trinajstić information content (AvgIpc) is 3.40. The average molecular weight is 440 g/mol. The number of rotatable bonds is 7. The Morgan fingerprint density at radius 2 is 1.90 bits per heavy atom. The van der Waals surface area contributed by atoms with Crippen LogP contribution in [0.5, 0.6) is 0 Å². The number of aryl methyl sites for hydroxylation is 1.